The molecule has 0 aromatic heterocycles. The molecule has 2 atom stereocenters. The predicted octanol–water partition coefficient (Wildman–Crippen LogP) is -0.771. The molecular weight excluding hydrogens is 174 g/mol. The highest BCUT2D eigenvalue weighted by molar-refractivity contribution is 5.86. The van der Waals surface area contributed by atoms with E-state index in [0.29, 0.717) is 0 Å². The SMILES string of the molecule is C=C(C#N)C(O)C1=CC(=O)OC1O. The molecule has 0 aliphatic carbocycles. The Hall–Kier alpha value is -1.64. The van der Waals surface area contributed by atoms with Gasteiger partial charge in [0.05, 0.1) is 11.6 Å². The van der Waals surface area contributed by atoms with Gasteiger partial charge in [-0.1, -0.05) is 6.58 Å². The van der Waals surface area contributed by atoms with Crippen molar-refractivity contribution in [1.29, 1.82) is 5.26 Å². The molecule has 1 aliphatic rings. The van der Waals surface area contributed by atoms with Crippen LogP contribution in [-0.2, 0) is 9.53 Å². The summed E-state index contributed by atoms with van der Waals surface area (Å²) < 4.78 is 4.30. The second-order valence-corrected chi connectivity index (χ2v) is 2.47. The van der Waals surface area contributed by atoms with E-state index in [1.807, 2.05) is 0 Å². The largest absolute Gasteiger partial charge is 0.429 e. The van der Waals surface area contributed by atoms with E-state index >= 15 is 0 Å². The quantitative estimate of drug-likeness (QED) is 0.431. The molecule has 0 aromatic rings. The van der Waals surface area contributed by atoms with Crippen LogP contribution in [0.3, 0.4) is 0 Å². The van der Waals surface area contributed by atoms with Crippen molar-refractivity contribution in [2.24, 2.45) is 0 Å². The van der Waals surface area contributed by atoms with Gasteiger partial charge in [0.15, 0.2) is 0 Å². The lowest BCUT2D eigenvalue weighted by Crippen LogP contribution is -2.21. The van der Waals surface area contributed by atoms with Crippen molar-refractivity contribution in [1.82, 2.24) is 0 Å². The molecule has 0 fully saturated rings. The van der Waals surface area contributed by atoms with Crippen molar-refractivity contribution in [3.05, 3.63) is 23.8 Å². The molecule has 0 radical (unpaired) electrons. The van der Waals surface area contributed by atoms with Crippen LogP contribution in [0.5, 0.6) is 0 Å². The minimum Gasteiger partial charge on any atom is -0.429 e. The highest BCUT2D eigenvalue weighted by Gasteiger charge is 2.30. The summed E-state index contributed by atoms with van der Waals surface area (Å²) in [5.74, 6) is -0.743. The lowest BCUT2D eigenvalue weighted by molar-refractivity contribution is -0.151. The van der Waals surface area contributed by atoms with E-state index < -0.39 is 18.4 Å². The van der Waals surface area contributed by atoms with Crippen molar-refractivity contribution in [3.8, 4) is 6.07 Å². The van der Waals surface area contributed by atoms with E-state index in [1.165, 1.54) is 0 Å². The standard InChI is InChI=1S/C8H7NO4/c1-4(3-9)7(11)5-2-6(10)13-8(5)12/h2,7-8,11-12H,1H2. The minimum atomic E-state index is -1.48. The Kier molecular flexibility index (Phi) is 2.46. The van der Waals surface area contributed by atoms with Crippen LogP contribution in [0.2, 0.25) is 0 Å². The fourth-order valence-corrected chi connectivity index (χ4v) is 0.896. The summed E-state index contributed by atoms with van der Waals surface area (Å²) >= 11 is 0. The molecule has 13 heavy (non-hydrogen) atoms. The Balaban J connectivity index is 2.85. The number of ether oxygens (including phenoxy) is 1. The average molecular weight is 181 g/mol. The molecule has 0 spiro atoms. The number of hydrogen-bond acceptors (Lipinski definition) is 5. The predicted molar refractivity (Wildman–Crippen MR) is 40.9 cm³/mol. The van der Waals surface area contributed by atoms with E-state index in [4.69, 9.17) is 10.4 Å². The molecule has 0 saturated heterocycles. The number of nitriles is 1. The lowest BCUT2D eigenvalue weighted by atomic mass is 10.0. The van der Waals surface area contributed by atoms with Crippen molar-refractivity contribution in [3.63, 3.8) is 0 Å². The van der Waals surface area contributed by atoms with Gasteiger partial charge in [0.2, 0.25) is 6.29 Å². The fourth-order valence-electron chi connectivity index (χ4n) is 0.896. The van der Waals surface area contributed by atoms with Crippen molar-refractivity contribution < 1.29 is 19.7 Å². The number of carbonyl (C=O) groups excluding carboxylic acids is 1. The Morgan fingerprint density at radius 1 is 1.85 bits per heavy atom. The average Bonchev–Trinajstić information content (AvgIpc) is 2.42. The van der Waals surface area contributed by atoms with Gasteiger partial charge in [-0.05, 0) is 0 Å². The molecule has 5 nitrogen and oxygen atoms in total. The molecule has 68 valence electrons. The Labute approximate surface area is 74.2 Å². The van der Waals surface area contributed by atoms with E-state index in [-0.39, 0.29) is 11.1 Å². The number of esters is 1. The zero-order valence-electron chi connectivity index (χ0n) is 6.60. The van der Waals surface area contributed by atoms with Gasteiger partial charge in [0, 0.05) is 11.6 Å². The first kappa shape index (κ1) is 9.45. The number of carbonyl (C=O) groups is 1. The van der Waals surface area contributed by atoms with Gasteiger partial charge in [-0.2, -0.15) is 5.26 Å². The van der Waals surface area contributed by atoms with Crippen LogP contribution >= 0.6 is 0 Å². The van der Waals surface area contributed by atoms with Gasteiger partial charge in [-0.25, -0.2) is 4.79 Å². The maximum absolute atomic E-state index is 10.6. The van der Waals surface area contributed by atoms with E-state index in [1.54, 1.807) is 6.07 Å². The summed E-state index contributed by atoms with van der Waals surface area (Å²) in [6.45, 7) is 3.25. The topological polar surface area (TPSA) is 90.5 Å². The summed E-state index contributed by atoms with van der Waals surface area (Å²) in [6.07, 6.45) is -1.89. The third-order valence-corrected chi connectivity index (χ3v) is 1.59. The van der Waals surface area contributed by atoms with E-state index in [2.05, 4.69) is 11.3 Å². The van der Waals surface area contributed by atoms with Crippen LogP contribution in [0.15, 0.2) is 23.8 Å². The second kappa shape index (κ2) is 3.39. The number of aliphatic hydroxyl groups excluding tert-OH is 2. The smallest absolute Gasteiger partial charge is 0.333 e. The minimum absolute atomic E-state index is 0.0587. The van der Waals surface area contributed by atoms with Gasteiger partial charge in [-0.3, -0.25) is 0 Å². The Morgan fingerprint density at radius 3 is 2.85 bits per heavy atom. The number of cyclic esters (lactones) is 1. The summed E-state index contributed by atoms with van der Waals surface area (Å²) in [4.78, 5) is 10.6. The van der Waals surface area contributed by atoms with Crippen LogP contribution in [0, 0.1) is 11.3 Å². The van der Waals surface area contributed by atoms with Crippen LogP contribution in [0.25, 0.3) is 0 Å². The van der Waals surface area contributed by atoms with Crippen molar-refractivity contribution >= 4 is 5.97 Å². The summed E-state index contributed by atoms with van der Waals surface area (Å²) in [6, 6.07) is 1.61. The highest BCUT2D eigenvalue weighted by atomic mass is 16.6. The molecule has 0 aromatic carbocycles. The van der Waals surface area contributed by atoms with Gasteiger partial charge in [-0.15, -0.1) is 0 Å². The van der Waals surface area contributed by atoms with E-state index in [0.717, 1.165) is 6.08 Å². The molecule has 2 unspecified atom stereocenters. The second-order valence-electron chi connectivity index (χ2n) is 2.47. The highest BCUT2D eigenvalue weighted by Crippen LogP contribution is 2.20. The summed E-state index contributed by atoms with van der Waals surface area (Å²) in [5, 5.41) is 26.7. The van der Waals surface area contributed by atoms with E-state index in [9.17, 15) is 9.90 Å². The normalized spacial score (nSPS) is 23.0. The molecule has 0 amide bonds. The van der Waals surface area contributed by atoms with Gasteiger partial charge in [0.1, 0.15) is 6.10 Å². The van der Waals surface area contributed by atoms with Crippen LogP contribution in [0.1, 0.15) is 0 Å². The van der Waals surface area contributed by atoms with Gasteiger partial charge in [0.25, 0.3) is 0 Å². The number of rotatable bonds is 2. The molecule has 1 rings (SSSR count). The molecule has 0 saturated carbocycles. The van der Waals surface area contributed by atoms with Crippen molar-refractivity contribution in [2.45, 2.75) is 12.4 Å². The maximum atomic E-state index is 10.6. The Morgan fingerprint density at radius 2 is 2.46 bits per heavy atom. The number of nitrogens with zero attached hydrogens (tertiary/aromatic N) is 1. The summed E-state index contributed by atoms with van der Waals surface area (Å²) in [7, 11) is 0. The molecular formula is C8H7NO4. The van der Waals surface area contributed by atoms with Crippen LogP contribution in [-0.4, -0.2) is 28.6 Å². The first-order valence-electron chi connectivity index (χ1n) is 3.43. The van der Waals surface area contributed by atoms with Crippen LogP contribution < -0.4 is 0 Å². The molecule has 1 heterocycles. The zero-order valence-corrected chi connectivity index (χ0v) is 6.60. The van der Waals surface area contributed by atoms with Gasteiger partial charge < -0.3 is 14.9 Å². The first-order chi connectivity index (χ1) is 6.06. The number of hydrogen-bond donors (Lipinski definition) is 2. The van der Waals surface area contributed by atoms with Crippen LogP contribution in [0.4, 0.5) is 0 Å². The Bertz CT molecular complexity index is 326. The van der Waals surface area contributed by atoms with Gasteiger partial charge >= 0.3 is 5.97 Å². The molecule has 5 heteroatoms. The fraction of sp³-hybridized carbons (Fsp3) is 0.250. The third-order valence-electron chi connectivity index (χ3n) is 1.59. The molecule has 0 bridgehead atoms. The first-order valence-corrected chi connectivity index (χ1v) is 3.43. The molecule has 1 aliphatic heterocycles. The van der Waals surface area contributed by atoms with Crippen molar-refractivity contribution in [2.75, 3.05) is 0 Å². The number of aliphatic hydroxyl groups is 2. The lowest BCUT2D eigenvalue weighted by Gasteiger charge is -2.12. The summed E-state index contributed by atoms with van der Waals surface area (Å²) in [5.41, 5.74) is -0.208. The third kappa shape index (κ3) is 1.75. The monoisotopic (exact) mass is 181 g/mol. The zero-order chi connectivity index (χ0) is 10.0. The molecule has 2 N–H and O–H groups in total. The maximum Gasteiger partial charge on any atom is 0.333 e.